The molecule has 3 N–H and O–H groups in total. The first-order valence-corrected chi connectivity index (χ1v) is 6.78. The molecule has 1 heterocycles. The Morgan fingerprint density at radius 2 is 2.05 bits per heavy atom. The Morgan fingerprint density at radius 3 is 2.65 bits per heavy atom. The third-order valence-corrected chi connectivity index (χ3v) is 2.77. The second-order valence-electron chi connectivity index (χ2n) is 5.30. The standard InChI is InChI=1S/C14H23N3O3/c1-4-7-14(2,3)17-12(18)10-16-13(19)15-9-11-6-5-8-20-11/h5-6,8H,4,7,9-10H2,1-3H3,(H,17,18)(H2,15,16,19). The average Bonchev–Trinajstić information content (AvgIpc) is 2.86. The fourth-order valence-corrected chi connectivity index (χ4v) is 1.91. The van der Waals surface area contributed by atoms with E-state index in [1.54, 1.807) is 12.1 Å². The molecule has 0 radical (unpaired) electrons. The van der Waals surface area contributed by atoms with E-state index >= 15 is 0 Å². The van der Waals surface area contributed by atoms with Gasteiger partial charge in [0.2, 0.25) is 5.91 Å². The van der Waals surface area contributed by atoms with Crippen LogP contribution in [0.1, 0.15) is 39.4 Å². The van der Waals surface area contributed by atoms with Crippen LogP contribution in [-0.4, -0.2) is 24.0 Å². The van der Waals surface area contributed by atoms with Crippen LogP contribution in [-0.2, 0) is 11.3 Å². The van der Waals surface area contributed by atoms with Crippen molar-refractivity contribution in [2.45, 2.75) is 45.7 Å². The Balaban J connectivity index is 2.21. The lowest BCUT2D eigenvalue weighted by atomic mass is 9.99. The zero-order chi connectivity index (χ0) is 15.0. The summed E-state index contributed by atoms with van der Waals surface area (Å²) in [4.78, 5) is 23.2. The van der Waals surface area contributed by atoms with Crippen molar-refractivity contribution >= 4 is 11.9 Å². The van der Waals surface area contributed by atoms with E-state index in [-0.39, 0.29) is 18.0 Å². The molecule has 0 saturated heterocycles. The van der Waals surface area contributed by atoms with Gasteiger partial charge in [-0.2, -0.15) is 0 Å². The molecule has 0 bridgehead atoms. The van der Waals surface area contributed by atoms with Crippen LogP contribution in [0.15, 0.2) is 22.8 Å². The van der Waals surface area contributed by atoms with Crippen LogP contribution in [0.2, 0.25) is 0 Å². The summed E-state index contributed by atoms with van der Waals surface area (Å²) in [5, 5.41) is 7.99. The van der Waals surface area contributed by atoms with Crippen LogP contribution < -0.4 is 16.0 Å². The van der Waals surface area contributed by atoms with E-state index in [1.807, 2.05) is 13.8 Å². The van der Waals surface area contributed by atoms with Gasteiger partial charge < -0.3 is 20.4 Å². The zero-order valence-electron chi connectivity index (χ0n) is 12.3. The molecule has 0 saturated carbocycles. The highest BCUT2D eigenvalue weighted by molar-refractivity contribution is 5.84. The Labute approximate surface area is 119 Å². The van der Waals surface area contributed by atoms with Gasteiger partial charge in [-0.1, -0.05) is 13.3 Å². The molecule has 1 aromatic rings. The lowest BCUT2D eigenvalue weighted by Crippen LogP contribution is -2.48. The first kappa shape index (κ1) is 16.1. The fourth-order valence-electron chi connectivity index (χ4n) is 1.91. The van der Waals surface area contributed by atoms with Gasteiger partial charge in [-0.25, -0.2) is 4.79 Å². The Bertz CT molecular complexity index is 427. The van der Waals surface area contributed by atoms with Crippen molar-refractivity contribution in [3.8, 4) is 0 Å². The van der Waals surface area contributed by atoms with Crippen LogP contribution in [0.4, 0.5) is 4.79 Å². The van der Waals surface area contributed by atoms with Gasteiger partial charge in [-0.05, 0) is 32.4 Å². The summed E-state index contributed by atoms with van der Waals surface area (Å²) < 4.78 is 5.08. The number of furan rings is 1. The van der Waals surface area contributed by atoms with Crippen molar-refractivity contribution in [1.82, 2.24) is 16.0 Å². The van der Waals surface area contributed by atoms with Crippen molar-refractivity contribution in [2.24, 2.45) is 0 Å². The number of carbonyl (C=O) groups is 2. The Kier molecular flexibility index (Phi) is 6.09. The predicted octanol–water partition coefficient (Wildman–Crippen LogP) is 1.77. The minimum absolute atomic E-state index is 0.0445. The highest BCUT2D eigenvalue weighted by Crippen LogP contribution is 2.09. The molecular formula is C14H23N3O3. The molecule has 0 atom stereocenters. The lowest BCUT2D eigenvalue weighted by molar-refractivity contribution is -0.121. The maximum absolute atomic E-state index is 11.7. The van der Waals surface area contributed by atoms with Gasteiger partial charge in [-0.15, -0.1) is 0 Å². The first-order valence-electron chi connectivity index (χ1n) is 6.78. The number of rotatable bonds is 7. The number of amides is 3. The number of nitrogens with one attached hydrogen (secondary N) is 3. The van der Waals surface area contributed by atoms with E-state index in [0.29, 0.717) is 12.3 Å². The van der Waals surface area contributed by atoms with Crippen molar-refractivity contribution < 1.29 is 14.0 Å². The molecular weight excluding hydrogens is 258 g/mol. The van der Waals surface area contributed by atoms with Gasteiger partial charge >= 0.3 is 6.03 Å². The molecule has 3 amide bonds. The molecule has 0 spiro atoms. The smallest absolute Gasteiger partial charge is 0.315 e. The van der Waals surface area contributed by atoms with Crippen molar-refractivity contribution in [2.75, 3.05) is 6.54 Å². The maximum Gasteiger partial charge on any atom is 0.315 e. The summed E-state index contributed by atoms with van der Waals surface area (Å²) in [6, 6.07) is 3.11. The van der Waals surface area contributed by atoms with E-state index in [1.165, 1.54) is 6.26 Å². The lowest BCUT2D eigenvalue weighted by Gasteiger charge is -2.25. The maximum atomic E-state index is 11.7. The predicted molar refractivity (Wildman–Crippen MR) is 76.1 cm³/mol. The molecule has 20 heavy (non-hydrogen) atoms. The van der Waals surface area contributed by atoms with Crippen molar-refractivity contribution in [3.63, 3.8) is 0 Å². The van der Waals surface area contributed by atoms with E-state index in [2.05, 4.69) is 22.9 Å². The molecule has 1 aromatic heterocycles. The van der Waals surface area contributed by atoms with Crippen LogP contribution in [0, 0.1) is 0 Å². The van der Waals surface area contributed by atoms with Gasteiger partial charge in [0.05, 0.1) is 19.4 Å². The van der Waals surface area contributed by atoms with E-state index < -0.39 is 6.03 Å². The molecule has 6 heteroatoms. The van der Waals surface area contributed by atoms with Gasteiger partial charge in [0.25, 0.3) is 0 Å². The van der Waals surface area contributed by atoms with Gasteiger partial charge in [0.1, 0.15) is 5.76 Å². The summed E-state index contributed by atoms with van der Waals surface area (Å²) in [6.07, 6.45) is 3.42. The van der Waals surface area contributed by atoms with Crippen LogP contribution >= 0.6 is 0 Å². The van der Waals surface area contributed by atoms with Gasteiger partial charge in [-0.3, -0.25) is 4.79 Å². The van der Waals surface area contributed by atoms with Gasteiger partial charge in [0.15, 0.2) is 0 Å². The molecule has 0 fully saturated rings. The van der Waals surface area contributed by atoms with Crippen LogP contribution in [0.5, 0.6) is 0 Å². The third-order valence-electron chi connectivity index (χ3n) is 2.77. The van der Waals surface area contributed by atoms with E-state index in [0.717, 1.165) is 12.8 Å². The normalized spacial score (nSPS) is 10.9. The molecule has 0 unspecified atom stereocenters. The van der Waals surface area contributed by atoms with Crippen molar-refractivity contribution in [3.05, 3.63) is 24.2 Å². The van der Waals surface area contributed by atoms with Gasteiger partial charge in [0, 0.05) is 5.54 Å². The van der Waals surface area contributed by atoms with Crippen LogP contribution in [0.25, 0.3) is 0 Å². The highest BCUT2D eigenvalue weighted by Gasteiger charge is 2.19. The van der Waals surface area contributed by atoms with E-state index in [9.17, 15) is 9.59 Å². The largest absolute Gasteiger partial charge is 0.467 e. The number of hydrogen-bond donors (Lipinski definition) is 3. The second-order valence-corrected chi connectivity index (χ2v) is 5.30. The monoisotopic (exact) mass is 281 g/mol. The fraction of sp³-hybridized carbons (Fsp3) is 0.571. The van der Waals surface area contributed by atoms with E-state index in [4.69, 9.17) is 4.42 Å². The molecule has 6 nitrogen and oxygen atoms in total. The topological polar surface area (TPSA) is 83.4 Å². The molecule has 0 aromatic carbocycles. The minimum atomic E-state index is -0.398. The first-order chi connectivity index (χ1) is 9.43. The SMILES string of the molecule is CCCC(C)(C)NC(=O)CNC(=O)NCc1ccco1. The number of carbonyl (C=O) groups excluding carboxylic acids is 2. The average molecular weight is 281 g/mol. The minimum Gasteiger partial charge on any atom is -0.467 e. The van der Waals surface area contributed by atoms with Crippen molar-refractivity contribution in [1.29, 1.82) is 0 Å². The summed E-state index contributed by atoms with van der Waals surface area (Å²) >= 11 is 0. The zero-order valence-corrected chi connectivity index (χ0v) is 12.3. The summed E-state index contributed by atoms with van der Waals surface area (Å²) in [7, 11) is 0. The molecule has 0 aliphatic carbocycles. The summed E-state index contributed by atoms with van der Waals surface area (Å²) in [5.74, 6) is 0.463. The second kappa shape index (κ2) is 7.57. The third kappa shape index (κ3) is 6.26. The number of urea groups is 1. The highest BCUT2D eigenvalue weighted by atomic mass is 16.3. The summed E-state index contributed by atoms with van der Waals surface area (Å²) in [6.45, 7) is 6.24. The van der Waals surface area contributed by atoms with Crippen LogP contribution in [0.3, 0.4) is 0 Å². The Hall–Kier alpha value is -1.98. The Morgan fingerprint density at radius 1 is 1.30 bits per heavy atom. The summed E-state index contributed by atoms with van der Waals surface area (Å²) in [5.41, 5.74) is -0.252. The molecule has 0 aliphatic rings. The molecule has 1 rings (SSSR count). The number of hydrogen-bond acceptors (Lipinski definition) is 3. The quantitative estimate of drug-likeness (QED) is 0.712. The molecule has 0 aliphatic heterocycles. The molecule has 112 valence electrons.